The lowest BCUT2D eigenvalue weighted by Gasteiger charge is -2.16. The lowest BCUT2D eigenvalue weighted by Crippen LogP contribution is -2.15. The Morgan fingerprint density at radius 2 is 2.17 bits per heavy atom. The zero-order chi connectivity index (χ0) is 12.4. The standard InChI is InChI=1S/C13H18N4O/c14-7-5-12-13(10-6-8-18-9-10)17(16-15-12)11-3-1-2-4-11/h10-11H,1-6,8-9H2. The van der Waals surface area contributed by atoms with Gasteiger partial charge >= 0.3 is 0 Å². The topological polar surface area (TPSA) is 63.7 Å². The molecule has 1 saturated heterocycles. The van der Waals surface area contributed by atoms with Crippen LogP contribution in [0.2, 0.25) is 0 Å². The van der Waals surface area contributed by atoms with Crippen LogP contribution < -0.4 is 0 Å². The first kappa shape index (κ1) is 11.7. The third-order valence-corrected chi connectivity index (χ3v) is 4.04. The van der Waals surface area contributed by atoms with Crippen LogP contribution in [0.3, 0.4) is 0 Å². The van der Waals surface area contributed by atoms with Gasteiger partial charge in [0.2, 0.25) is 0 Å². The molecule has 2 fully saturated rings. The maximum absolute atomic E-state index is 8.90. The van der Waals surface area contributed by atoms with Gasteiger partial charge in [-0.05, 0) is 19.3 Å². The van der Waals surface area contributed by atoms with Gasteiger partial charge in [-0.3, -0.25) is 0 Å². The van der Waals surface area contributed by atoms with Crippen LogP contribution in [0.25, 0.3) is 0 Å². The lowest BCUT2D eigenvalue weighted by molar-refractivity contribution is 0.192. The van der Waals surface area contributed by atoms with Crippen LogP contribution >= 0.6 is 0 Å². The highest BCUT2D eigenvalue weighted by Crippen LogP contribution is 2.35. The fourth-order valence-corrected chi connectivity index (χ4v) is 3.13. The van der Waals surface area contributed by atoms with Crippen LogP contribution in [0.15, 0.2) is 0 Å². The highest BCUT2D eigenvalue weighted by Gasteiger charge is 2.30. The molecule has 1 atom stereocenters. The molecule has 1 saturated carbocycles. The van der Waals surface area contributed by atoms with Crippen LogP contribution in [0.1, 0.15) is 55.5 Å². The average Bonchev–Trinajstić information content (AvgIpc) is 3.10. The second-order valence-corrected chi connectivity index (χ2v) is 5.20. The molecular formula is C13H18N4O. The predicted molar refractivity (Wildman–Crippen MR) is 65.0 cm³/mol. The van der Waals surface area contributed by atoms with Crippen LogP contribution in [0.4, 0.5) is 0 Å². The van der Waals surface area contributed by atoms with Gasteiger partial charge in [-0.2, -0.15) is 5.26 Å². The van der Waals surface area contributed by atoms with Crippen molar-refractivity contribution in [3.63, 3.8) is 0 Å². The van der Waals surface area contributed by atoms with E-state index in [1.165, 1.54) is 31.4 Å². The Hall–Kier alpha value is -1.41. The van der Waals surface area contributed by atoms with Gasteiger partial charge in [-0.15, -0.1) is 5.10 Å². The zero-order valence-electron chi connectivity index (χ0n) is 10.5. The first-order chi connectivity index (χ1) is 8.90. The third kappa shape index (κ3) is 2.01. The number of ether oxygens (including phenoxy) is 1. The SMILES string of the molecule is N#CCc1nnn(C2CCCC2)c1C1CCOC1. The monoisotopic (exact) mass is 246 g/mol. The molecular weight excluding hydrogens is 228 g/mol. The van der Waals surface area contributed by atoms with Crippen molar-refractivity contribution in [3.8, 4) is 6.07 Å². The number of aromatic nitrogens is 3. The maximum Gasteiger partial charge on any atom is 0.100 e. The van der Waals surface area contributed by atoms with Crippen LogP contribution in [0, 0.1) is 11.3 Å². The Labute approximate surface area is 107 Å². The van der Waals surface area contributed by atoms with Crippen LogP contribution in [-0.4, -0.2) is 28.2 Å². The minimum Gasteiger partial charge on any atom is -0.381 e. The molecule has 0 spiro atoms. The Balaban J connectivity index is 1.94. The molecule has 96 valence electrons. The lowest BCUT2D eigenvalue weighted by atomic mass is 10.0. The van der Waals surface area contributed by atoms with Crippen LogP contribution in [0.5, 0.6) is 0 Å². The molecule has 1 aromatic heterocycles. The number of nitrogens with zero attached hydrogens (tertiary/aromatic N) is 4. The van der Waals surface area contributed by atoms with E-state index in [2.05, 4.69) is 21.1 Å². The summed E-state index contributed by atoms with van der Waals surface area (Å²) in [6.07, 6.45) is 6.32. The zero-order valence-corrected chi connectivity index (χ0v) is 10.5. The van der Waals surface area contributed by atoms with E-state index >= 15 is 0 Å². The second-order valence-electron chi connectivity index (χ2n) is 5.20. The van der Waals surface area contributed by atoms with Crippen molar-refractivity contribution in [1.29, 1.82) is 5.26 Å². The third-order valence-electron chi connectivity index (χ3n) is 4.04. The van der Waals surface area contributed by atoms with Crippen molar-refractivity contribution in [1.82, 2.24) is 15.0 Å². The van der Waals surface area contributed by atoms with Crippen molar-refractivity contribution in [3.05, 3.63) is 11.4 Å². The average molecular weight is 246 g/mol. The molecule has 2 heterocycles. The Morgan fingerprint density at radius 1 is 1.33 bits per heavy atom. The van der Waals surface area contributed by atoms with E-state index < -0.39 is 0 Å². The van der Waals surface area contributed by atoms with E-state index in [-0.39, 0.29) is 0 Å². The van der Waals surface area contributed by atoms with E-state index in [1.807, 2.05) is 0 Å². The van der Waals surface area contributed by atoms with Gasteiger partial charge in [0.05, 0.1) is 30.8 Å². The van der Waals surface area contributed by atoms with Gasteiger partial charge in [0, 0.05) is 12.5 Å². The van der Waals surface area contributed by atoms with Gasteiger partial charge in [0.15, 0.2) is 0 Å². The molecule has 3 rings (SSSR count). The summed E-state index contributed by atoms with van der Waals surface area (Å²) in [5, 5.41) is 17.5. The second kappa shape index (κ2) is 5.07. The highest BCUT2D eigenvalue weighted by atomic mass is 16.5. The van der Waals surface area contributed by atoms with Gasteiger partial charge in [0.1, 0.15) is 5.69 Å². The Bertz CT molecular complexity index is 450. The molecule has 0 N–H and O–H groups in total. The first-order valence-corrected chi connectivity index (χ1v) is 6.79. The number of hydrogen-bond donors (Lipinski definition) is 0. The van der Waals surface area contributed by atoms with E-state index in [1.54, 1.807) is 0 Å². The van der Waals surface area contributed by atoms with E-state index in [9.17, 15) is 0 Å². The molecule has 1 aromatic rings. The van der Waals surface area contributed by atoms with E-state index in [4.69, 9.17) is 10.00 Å². The van der Waals surface area contributed by atoms with Gasteiger partial charge in [0.25, 0.3) is 0 Å². The summed E-state index contributed by atoms with van der Waals surface area (Å²) in [6, 6.07) is 2.68. The number of rotatable bonds is 3. The van der Waals surface area contributed by atoms with Crippen molar-refractivity contribution in [2.45, 2.75) is 50.5 Å². The molecule has 0 radical (unpaired) electrons. The van der Waals surface area contributed by atoms with Gasteiger partial charge < -0.3 is 4.74 Å². The van der Waals surface area contributed by atoms with Gasteiger partial charge in [-0.25, -0.2) is 4.68 Å². The van der Waals surface area contributed by atoms with E-state index in [0.29, 0.717) is 18.4 Å². The summed E-state index contributed by atoms with van der Waals surface area (Å²) >= 11 is 0. The summed E-state index contributed by atoms with van der Waals surface area (Å²) in [5.41, 5.74) is 2.03. The minimum atomic E-state index is 0.360. The molecule has 1 aliphatic carbocycles. The molecule has 5 heteroatoms. The predicted octanol–water partition coefficient (Wildman–Crippen LogP) is 1.96. The van der Waals surface area contributed by atoms with Crippen molar-refractivity contribution in [2.75, 3.05) is 13.2 Å². The smallest absolute Gasteiger partial charge is 0.100 e. The van der Waals surface area contributed by atoms with Crippen molar-refractivity contribution >= 4 is 0 Å². The maximum atomic E-state index is 8.90. The fraction of sp³-hybridized carbons (Fsp3) is 0.769. The molecule has 0 bridgehead atoms. The van der Waals surface area contributed by atoms with Crippen molar-refractivity contribution < 1.29 is 4.74 Å². The molecule has 1 aliphatic heterocycles. The number of nitriles is 1. The van der Waals surface area contributed by atoms with E-state index in [0.717, 1.165) is 25.3 Å². The van der Waals surface area contributed by atoms with Gasteiger partial charge in [-0.1, -0.05) is 18.1 Å². The molecule has 18 heavy (non-hydrogen) atoms. The molecule has 1 unspecified atom stereocenters. The summed E-state index contributed by atoms with van der Waals surface area (Å²) in [6.45, 7) is 1.56. The normalized spacial score (nSPS) is 24.5. The Morgan fingerprint density at radius 3 is 2.83 bits per heavy atom. The van der Waals surface area contributed by atoms with Crippen molar-refractivity contribution in [2.24, 2.45) is 0 Å². The fourth-order valence-electron chi connectivity index (χ4n) is 3.13. The molecule has 0 amide bonds. The summed E-state index contributed by atoms with van der Waals surface area (Å²) in [7, 11) is 0. The number of hydrogen-bond acceptors (Lipinski definition) is 4. The van der Waals surface area contributed by atoms with Crippen LogP contribution in [-0.2, 0) is 11.2 Å². The highest BCUT2D eigenvalue weighted by molar-refractivity contribution is 5.20. The molecule has 5 nitrogen and oxygen atoms in total. The molecule has 0 aromatic carbocycles. The largest absolute Gasteiger partial charge is 0.381 e. The quantitative estimate of drug-likeness (QED) is 0.817. The first-order valence-electron chi connectivity index (χ1n) is 6.79. The summed E-state index contributed by atoms with van der Waals surface area (Å²) < 4.78 is 7.58. The molecule has 2 aliphatic rings. The summed E-state index contributed by atoms with van der Waals surface area (Å²) in [5.74, 6) is 0.379. The summed E-state index contributed by atoms with van der Waals surface area (Å²) in [4.78, 5) is 0. The minimum absolute atomic E-state index is 0.360. The Kier molecular flexibility index (Phi) is 3.28.